The van der Waals surface area contributed by atoms with Gasteiger partial charge < -0.3 is 40.3 Å². The number of rotatable bonds is 15. The summed E-state index contributed by atoms with van der Waals surface area (Å²) < 4.78 is 11.8. The summed E-state index contributed by atoms with van der Waals surface area (Å²) in [7, 11) is 1.50. The number of benzene rings is 4. The van der Waals surface area contributed by atoms with E-state index in [0.717, 1.165) is 43.4 Å². The van der Waals surface area contributed by atoms with Crippen LogP contribution >= 0.6 is 22.7 Å². The highest BCUT2D eigenvalue weighted by Crippen LogP contribution is 2.36. The highest BCUT2D eigenvalue weighted by atomic mass is 32.1. The Morgan fingerprint density at radius 3 is 2.03 bits per heavy atom. The van der Waals surface area contributed by atoms with E-state index in [4.69, 9.17) is 9.47 Å². The fourth-order valence-electron chi connectivity index (χ4n) is 9.33. The van der Waals surface area contributed by atoms with E-state index in [-0.39, 0.29) is 61.8 Å². The molecule has 2 saturated heterocycles. The average molecular weight is 1020 g/mol. The molecule has 5 amide bonds. The van der Waals surface area contributed by atoms with Crippen LogP contribution < -0.4 is 25.4 Å². The maximum absolute atomic E-state index is 14.4. The van der Waals surface area contributed by atoms with E-state index in [1.54, 1.807) is 85.7 Å². The molecule has 0 radical (unpaired) electrons. The van der Waals surface area contributed by atoms with Gasteiger partial charge in [0.05, 0.1) is 63.0 Å². The van der Waals surface area contributed by atoms with E-state index >= 15 is 0 Å². The van der Waals surface area contributed by atoms with E-state index in [2.05, 4.69) is 32.0 Å². The van der Waals surface area contributed by atoms with E-state index < -0.39 is 58.9 Å². The molecule has 5 atom stereocenters. The van der Waals surface area contributed by atoms with Gasteiger partial charge in [-0.25, -0.2) is 9.97 Å². The Labute approximate surface area is 432 Å². The molecule has 16 nitrogen and oxygen atoms in total. The second kappa shape index (κ2) is 21.7. The maximum Gasteiger partial charge on any atom is 0.255 e. The molecule has 2 aliphatic heterocycles. The van der Waals surface area contributed by atoms with Gasteiger partial charge >= 0.3 is 0 Å². The number of hydrogen-bond acceptors (Lipinski definition) is 13. The zero-order valence-electron chi connectivity index (χ0n) is 41.7. The molecule has 1 unspecified atom stereocenters. The fraction of sp³-hybridized carbons (Fsp3) is 0.345. The molecule has 0 bridgehead atoms. The summed E-state index contributed by atoms with van der Waals surface area (Å²) in [5, 5.41) is 29.9. The number of β-amino-alcohol motifs (C(OH)–C–C–N with tert-alkyl or cyclic N) is 1. The number of aliphatic hydroxyl groups excluding tert-OH is 1. The normalized spacial score (nSPS) is 18.9. The molecule has 0 spiro atoms. The van der Waals surface area contributed by atoms with Gasteiger partial charge in [0.25, 0.3) is 11.8 Å². The van der Waals surface area contributed by atoms with Crippen molar-refractivity contribution in [3.8, 4) is 38.4 Å². The molecule has 73 heavy (non-hydrogen) atoms. The van der Waals surface area contributed by atoms with E-state index in [1.807, 2.05) is 62.4 Å². The Kier molecular flexibility index (Phi) is 15.4. The van der Waals surface area contributed by atoms with Gasteiger partial charge in [-0.05, 0) is 84.8 Å². The summed E-state index contributed by atoms with van der Waals surface area (Å²) in [5.41, 5.74) is 7.27. The summed E-state index contributed by atoms with van der Waals surface area (Å²) >= 11 is 3.11. The van der Waals surface area contributed by atoms with Crippen molar-refractivity contribution in [1.82, 2.24) is 35.7 Å². The quantitative estimate of drug-likeness (QED) is 0.0805. The predicted octanol–water partition coefficient (Wildman–Crippen LogP) is 7.22. The van der Waals surface area contributed by atoms with E-state index in [1.165, 1.54) is 35.1 Å². The Morgan fingerprint density at radius 2 is 1.47 bits per heavy atom. The smallest absolute Gasteiger partial charge is 0.255 e. The number of nitriles is 1. The van der Waals surface area contributed by atoms with Crippen molar-refractivity contribution >= 4 is 52.2 Å². The molecule has 2 aliphatic rings. The first-order chi connectivity index (χ1) is 34.9. The second-order valence-corrected chi connectivity index (χ2v) is 21.4. The number of methoxy groups -OCH3 is 1. The number of nitrogens with one attached hydrogen (secondary N) is 3. The van der Waals surface area contributed by atoms with Crippen LogP contribution in [0.1, 0.15) is 89.3 Å². The lowest BCUT2D eigenvalue weighted by atomic mass is 9.85. The molecule has 8 rings (SSSR count). The molecule has 18 heteroatoms. The lowest BCUT2D eigenvalue weighted by Crippen LogP contribution is -2.57. The molecular formula is C55H58N8O8S2. The van der Waals surface area contributed by atoms with Crippen molar-refractivity contribution in [2.75, 3.05) is 20.2 Å². The summed E-state index contributed by atoms with van der Waals surface area (Å²) in [6.07, 6.45) is -1.55. The maximum atomic E-state index is 14.4. The van der Waals surface area contributed by atoms with Crippen LogP contribution in [-0.4, -0.2) is 104 Å². The highest BCUT2D eigenvalue weighted by Gasteiger charge is 2.51. The number of likely N-dealkylation sites (tertiary alicyclic amines) is 2. The first kappa shape index (κ1) is 51.9. The monoisotopic (exact) mass is 1020 g/mol. The number of amides is 5. The van der Waals surface area contributed by atoms with Gasteiger partial charge in [-0.3, -0.25) is 24.0 Å². The minimum atomic E-state index is -1.36. The molecule has 0 aliphatic carbocycles. The molecule has 2 aromatic heterocycles. The molecule has 378 valence electrons. The van der Waals surface area contributed by atoms with Gasteiger partial charge in [0.1, 0.15) is 41.3 Å². The van der Waals surface area contributed by atoms with Crippen LogP contribution in [0.25, 0.3) is 20.9 Å². The Morgan fingerprint density at radius 1 is 0.849 bits per heavy atom. The largest absolute Gasteiger partial charge is 0.497 e. The minimum Gasteiger partial charge on any atom is -0.497 e. The number of ether oxygens (including phenoxy) is 2. The lowest BCUT2D eigenvalue weighted by molar-refractivity contribution is -0.142. The zero-order chi connectivity index (χ0) is 52.2. The third kappa shape index (κ3) is 11.4. The van der Waals surface area contributed by atoms with Gasteiger partial charge in [-0.1, -0.05) is 75.4 Å². The number of carbonyl (C=O) groups excluding carboxylic acids is 5. The number of aryl methyl sites for hydroxylation is 2. The number of hydrogen-bond donors (Lipinski definition) is 4. The average Bonchev–Trinajstić information content (AvgIpc) is 4.19. The standard InChI is InChI=1S/C55H58N8O8S2/c1-32-46(72-30-59-32)36-15-11-34(12-16-36)26-57-50(66)45-23-40(64)28-62(45)52(68)48(54(3,4)5)61-49(65)44-20-19-42(22-39(44)25-56)71-43-24-55(6,63(29-43)51(67)38-9-8-10-41(21-38)70-7)53(69)58-27-35-13-17-37(18-14-35)47-33(2)60-31-73-47/h8-22,30-31,40,43,45,48,64H,23-24,26-29H2,1-7H3,(H,57,66)(H,58,69)(H,61,65)/t40-,43-,45+,48-,55?/m1/s1. The van der Waals surface area contributed by atoms with E-state index in [9.17, 15) is 34.3 Å². The van der Waals surface area contributed by atoms with Crippen molar-refractivity contribution in [1.29, 1.82) is 5.26 Å². The summed E-state index contributed by atoms with van der Waals surface area (Å²) in [4.78, 5) is 84.4. The highest BCUT2D eigenvalue weighted by molar-refractivity contribution is 7.13. The Balaban J connectivity index is 0.945. The SMILES string of the molecule is COc1cccc(C(=O)N2C[C@H](Oc3ccc(C(=O)N[C@H](C(=O)N4C[C@H](O)C[C@H]4C(=O)NCc4ccc(-c5scnc5C)cc4)C(C)(C)C)c(C#N)c3)CC2(C)C(=O)NCc2ccc(-c3scnc3C)cc2)c1. The number of nitrogens with zero attached hydrogens (tertiary/aromatic N) is 5. The second-order valence-electron chi connectivity index (χ2n) is 19.7. The van der Waals surface area contributed by atoms with Crippen LogP contribution in [0, 0.1) is 30.6 Å². The summed E-state index contributed by atoms with van der Waals surface area (Å²) in [5.74, 6) is -1.78. The molecule has 6 aromatic rings. The van der Waals surface area contributed by atoms with Crippen molar-refractivity contribution in [2.24, 2.45) is 5.41 Å². The minimum absolute atomic E-state index is 0.0208. The molecule has 4 N–H and O–H groups in total. The molecular weight excluding hydrogens is 965 g/mol. The third-order valence-electron chi connectivity index (χ3n) is 13.4. The molecule has 0 saturated carbocycles. The number of aliphatic hydroxyl groups is 1. The van der Waals surface area contributed by atoms with E-state index in [0.29, 0.717) is 11.3 Å². The molecule has 4 heterocycles. The van der Waals surface area contributed by atoms with Crippen LogP contribution in [0.4, 0.5) is 0 Å². The molecule has 4 aromatic carbocycles. The van der Waals surface area contributed by atoms with Crippen LogP contribution in [0.5, 0.6) is 11.5 Å². The zero-order valence-corrected chi connectivity index (χ0v) is 43.4. The molecule has 2 fully saturated rings. The first-order valence-corrected chi connectivity index (χ1v) is 25.6. The van der Waals surface area contributed by atoms with Crippen LogP contribution in [-0.2, 0) is 27.5 Å². The van der Waals surface area contributed by atoms with Gasteiger partial charge in [0, 0.05) is 38.0 Å². The van der Waals surface area contributed by atoms with Gasteiger partial charge in [-0.2, -0.15) is 5.26 Å². The first-order valence-electron chi connectivity index (χ1n) is 23.9. The lowest BCUT2D eigenvalue weighted by Gasteiger charge is -2.35. The van der Waals surface area contributed by atoms with Gasteiger partial charge in [0.15, 0.2) is 0 Å². The number of thiazole rings is 2. The Hall–Kier alpha value is -7.46. The van der Waals surface area contributed by atoms with Crippen LogP contribution in [0.2, 0.25) is 0 Å². The Bertz CT molecular complexity index is 3070. The third-order valence-corrected chi connectivity index (χ3v) is 15.4. The number of aromatic nitrogens is 2. The van der Waals surface area contributed by atoms with Gasteiger partial charge in [-0.15, -0.1) is 22.7 Å². The summed E-state index contributed by atoms with van der Waals surface area (Å²) in [6, 6.07) is 26.6. The summed E-state index contributed by atoms with van der Waals surface area (Å²) in [6.45, 7) is 11.3. The predicted molar refractivity (Wildman–Crippen MR) is 278 cm³/mol. The fourth-order valence-corrected chi connectivity index (χ4v) is 11.0. The number of carbonyl (C=O) groups is 5. The van der Waals surface area contributed by atoms with Crippen LogP contribution in [0.3, 0.4) is 0 Å². The van der Waals surface area contributed by atoms with Crippen molar-refractivity contribution in [3.63, 3.8) is 0 Å². The topological polar surface area (TPSA) is 216 Å². The van der Waals surface area contributed by atoms with Gasteiger partial charge in [0.2, 0.25) is 17.7 Å². The van der Waals surface area contributed by atoms with Crippen molar-refractivity contribution in [3.05, 3.63) is 141 Å². The van der Waals surface area contributed by atoms with Crippen molar-refractivity contribution in [2.45, 2.75) is 97.3 Å². The van der Waals surface area contributed by atoms with Crippen LogP contribution in [0.15, 0.2) is 102 Å². The van der Waals surface area contributed by atoms with Crippen molar-refractivity contribution < 1.29 is 38.6 Å².